The summed E-state index contributed by atoms with van der Waals surface area (Å²) >= 11 is 0. The van der Waals surface area contributed by atoms with Gasteiger partial charge in [-0.25, -0.2) is 4.79 Å². The summed E-state index contributed by atoms with van der Waals surface area (Å²) in [7, 11) is 0. The third-order valence-corrected chi connectivity index (χ3v) is 2.77. The molecule has 0 saturated carbocycles. The van der Waals surface area contributed by atoms with E-state index in [0.29, 0.717) is 12.2 Å². The number of carbonyl (C=O) groups is 1. The van der Waals surface area contributed by atoms with Crippen LogP contribution in [0.2, 0.25) is 0 Å². The van der Waals surface area contributed by atoms with Crippen molar-refractivity contribution in [2.45, 2.75) is 26.3 Å². The molecule has 1 aromatic carbocycles. The van der Waals surface area contributed by atoms with Gasteiger partial charge in [-0.1, -0.05) is 13.0 Å². The van der Waals surface area contributed by atoms with Crippen LogP contribution >= 0.6 is 0 Å². The average molecular weight is 219 g/mol. The topological polar surface area (TPSA) is 38.3 Å². The van der Waals surface area contributed by atoms with E-state index in [9.17, 15) is 4.79 Å². The minimum Gasteiger partial charge on any atom is -0.462 e. The average Bonchev–Trinajstić information content (AvgIpc) is 2.35. The van der Waals surface area contributed by atoms with E-state index in [1.165, 1.54) is 11.1 Å². The Balaban J connectivity index is 2.13. The Hall–Kier alpha value is -1.35. The highest BCUT2D eigenvalue weighted by Gasteiger charge is 2.12. The van der Waals surface area contributed by atoms with E-state index in [4.69, 9.17) is 4.74 Å². The molecule has 3 nitrogen and oxygen atoms in total. The molecule has 1 heterocycles. The first-order valence-corrected chi connectivity index (χ1v) is 5.81. The fourth-order valence-corrected chi connectivity index (χ4v) is 1.89. The van der Waals surface area contributed by atoms with Crippen molar-refractivity contribution in [1.29, 1.82) is 0 Å². The van der Waals surface area contributed by atoms with Crippen LogP contribution in [0.5, 0.6) is 0 Å². The zero-order valence-corrected chi connectivity index (χ0v) is 9.58. The summed E-state index contributed by atoms with van der Waals surface area (Å²) in [5, 5.41) is 3.30. The number of carbonyl (C=O) groups excluding carboxylic acids is 1. The summed E-state index contributed by atoms with van der Waals surface area (Å²) < 4.78 is 5.11. The molecule has 16 heavy (non-hydrogen) atoms. The summed E-state index contributed by atoms with van der Waals surface area (Å²) in [5.74, 6) is -0.213. The summed E-state index contributed by atoms with van der Waals surface area (Å²) in [5.41, 5.74) is 3.22. The maximum atomic E-state index is 11.6. The lowest BCUT2D eigenvalue weighted by atomic mass is 9.99. The number of fused-ring (bicyclic) bond motifs is 1. The van der Waals surface area contributed by atoms with Crippen molar-refractivity contribution >= 4 is 5.97 Å². The van der Waals surface area contributed by atoms with E-state index in [0.717, 1.165) is 25.9 Å². The van der Waals surface area contributed by atoms with Gasteiger partial charge in [-0.05, 0) is 42.6 Å². The molecule has 0 saturated heterocycles. The Morgan fingerprint density at radius 2 is 2.31 bits per heavy atom. The lowest BCUT2D eigenvalue weighted by molar-refractivity contribution is 0.0505. The van der Waals surface area contributed by atoms with E-state index < -0.39 is 0 Å². The van der Waals surface area contributed by atoms with E-state index in [2.05, 4.69) is 5.32 Å². The third kappa shape index (κ3) is 2.42. The second-order valence-corrected chi connectivity index (χ2v) is 4.05. The molecule has 1 aliphatic heterocycles. The SMILES string of the molecule is CCCOC(=O)c1ccc2c(c1)CNCC2. The van der Waals surface area contributed by atoms with Gasteiger partial charge in [0, 0.05) is 6.54 Å². The first kappa shape index (κ1) is 11.1. The Morgan fingerprint density at radius 3 is 3.12 bits per heavy atom. The largest absolute Gasteiger partial charge is 0.462 e. The Labute approximate surface area is 95.8 Å². The highest BCUT2D eigenvalue weighted by atomic mass is 16.5. The van der Waals surface area contributed by atoms with Crippen molar-refractivity contribution in [3.63, 3.8) is 0 Å². The number of hydrogen-bond acceptors (Lipinski definition) is 3. The fourth-order valence-electron chi connectivity index (χ4n) is 1.89. The molecule has 1 aliphatic rings. The number of benzene rings is 1. The van der Waals surface area contributed by atoms with Gasteiger partial charge in [-0.2, -0.15) is 0 Å². The van der Waals surface area contributed by atoms with Crippen LogP contribution in [-0.2, 0) is 17.7 Å². The molecule has 0 atom stereocenters. The van der Waals surface area contributed by atoms with Crippen molar-refractivity contribution in [2.75, 3.05) is 13.2 Å². The normalized spacial score (nSPS) is 14.3. The van der Waals surface area contributed by atoms with Gasteiger partial charge in [0.2, 0.25) is 0 Å². The second kappa shape index (κ2) is 5.12. The Kier molecular flexibility index (Phi) is 3.57. The van der Waals surface area contributed by atoms with Gasteiger partial charge >= 0.3 is 5.97 Å². The summed E-state index contributed by atoms with van der Waals surface area (Å²) in [6.07, 6.45) is 1.90. The summed E-state index contributed by atoms with van der Waals surface area (Å²) in [6.45, 7) is 4.36. The van der Waals surface area contributed by atoms with Crippen LogP contribution in [0.4, 0.5) is 0 Å². The van der Waals surface area contributed by atoms with Gasteiger partial charge in [0.1, 0.15) is 0 Å². The number of nitrogens with one attached hydrogen (secondary N) is 1. The van der Waals surface area contributed by atoms with Crippen LogP contribution < -0.4 is 5.32 Å². The molecule has 0 spiro atoms. The molecule has 0 unspecified atom stereocenters. The van der Waals surface area contributed by atoms with Gasteiger partial charge < -0.3 is 10.1 Å². The quantitative estimate of drug-likeness (QED) is 0.789. The minimum absolute atomic E-state index is 0.213. The molecular formula is C13H17NO2. The zero-order chi connectivity index (χ0) is 11.4. The fraction of sp³-hybridized carbons (Fsp3) is 0.462. The molecule has 0 fully saturated rings. The van der Waals surface area contributed by atoms with Crippen molar-refractivity contribution in [1.82, 2.24) is 5.32 Å². The molecule has 0 amide bonds. The molecule has 2 rings (SSSR count). The minimum atomic E-state index is -0.213. The highest BCUT2D eigenvalue weighted by molar-refractivity contribution is 5.89. The molecular weight excluding hydrogens is 202 g/mol. The lowest BCUT2D eigenvalue weighted by Gasteiger charge is -2.17. The van der Waals surface area contributed by atoms with Gasteiger partial charge in [-0.15, -0.1) is 0 Å². The number of rotatable bonds is 3. The van der Waals surface area contributed by atoms with Crippen molar-refractivity contribution in [3.8, 4) is 0 Å². The second-order valence-electron chi connectivity index (χ2n) is 4.05. The standard InChI is InChI=1S/C13H17NO2/c1-2-7-16-13(15)11-4-3-10-5-6-14-9-12(10)8-11/h3-4,8,14H,2,5-7,9H2,1H3. The number of hydrogen-bond donors (Lipinski definition) is 1. The first-order valence-electron chi connectivity index (χ1n) is 5.81. The van der Waals surface area contributed by atoms with E-state index in [1.54, 1.807) is 0 Å². The smallest absolute Gasteiger partial charge is 0.338 e. The van der Waals surface area contributed by atoms with Gasteiger partial charge in [0.15, 0.2) is 0 Å². The van der Waals surface area contributed by atoms with Gasteiger partial charge in [0.25, 0.3) is 0 Å². The molecule has 86 valence electrons. The van der Waals surface area contributed by atoms with Gasteiger partial charge in [-0.3, -0.25) is 0 Å². The maximum absolute atomic E-state index is 11.6. The predicted octanol–water partition coefficient (Wildman–Crippen LogP) is 1.90. The summed E-state index contributed by atoms with van der Waals surface area (Å²) in [4.78, 5) is 11.6. The lowest BCUT2D eigenvalue weighted by Crippen LogP contribution is -2.24. The molecule has 0 aromatic heterocycles. The van der Waals surface area contributed by atoms with Crippen LogP contribution in [0.15, 0.2) is 18.2 Å². The Morgan fingerprint density at radius 1 is 1.44 bits per heavy atom. The van der Waals surface area contributed by atoms with Crippen LogP contribution in [0, 0.1) is 0 Å². The van der Waals surface area contributed by atoms with Crippen LogP contribution in [0.1, 0.15) is 34.8 Å². The summed E-state index contributed by atoms with van der Waals surface area (Å²) in [6, 6.07) is 5.85. The first-order chi connectivity index (χ1) is 7.81. The molecule has 1 N–H and O–H groups in total. The molecule has 0 radical (unpaired) electrons. The Bertz CT molecular complexity index is 388. The van der Waals surface area contributed by atoms with Gasteiger partial charge in [0.05, 0.1) is 12.2 Å². The van der Waals surface area contributed by atoms with Crippen molar-refractivity contribution in [2.24, 2.45) is 0 Å². The molecule has 0 aliphatic carbocycles. The van der Waals surface area contributed by atoms with Crippen molar-refractivity contribution < 1.29 is 9.53 Å². The monoisotopic (exact) mass is 219 g/mol. The molecule has 0 bridgehead atoms. The van der Waals surface area contributed by atoms with Crippen LogP contribution in [0.3, 0.4) is 0 Å². The third-order valence-electron chi connectivity index (χ3n) is 2.77. The maximum Gasteiger partial charge on any atom is 0.338 e. The number of ether oxygens (including phenoxy) is 1. The predicted molar refractivity (Wildman–Crippen MR) is 62.4 cm³/mol. The van der Waals surface area contributed by atoms with E-state index >= 15 is 0 Å². The van der Waals surface area contributed by atoms with E-state index in [1.807, 2.05) is 25.1 Å². The van der Waals surface area contributed by atoms with Crippen molar-refractivity contribution in [3.05, 3.63) is 34.9 Å². The highest BCUT2D eigenvalue weighted by Crippen LogP contribution is 2.16. The van der Waals surface area contributed by atoms with Crippen LogP contribution in [-0.4, -0.2) is 19.1 Å². The molecule has 1 aromatic rings. The van der Waals surface area contributed by atoms with Crippen LogP contribution in [0.25, 0.3) is 0 Å². The number of esters is 1. The molecule has 3 heteroatoms. The zero-order valence-electron chi connectivity index (χ0n) is 9.58. The van der Waals surface area contributed by atoms with E-state index in [-0.39, 0.29) is 5.97 Å².